The maximum Gasteiger partial charge on any atom is 0.329 e. The fourth-order valence-electron chi connectivity index (χ4n) is 2.55. The Bertz CT molecular complexity index is 492. The molecule has 2 rings (SSSR count). The van der Waals surface area contributed by atoms with E-state index in [0.29, 0.717) is 19.4 Å². The Balaban J connectivity index is 1.92. The van der Waals surface area contributed by atoms with Crippen LogP contribution in [0, 0.1) is 0 Å². The lowest BCUT2D eigenvalue weighted by Crippen LogP contribution is -2.58. The van der Waals surface area contributed by atoms with Gasteiger partial charge in [-0.05, 0) is 18.9 Å². The highest BCUT2D eigenvalue weighted by Crippen LogP contribution is 2.28. The number of carbonyl (C=O) groups excluding carboxylic acids is 1. The number of nitrogens with zero attached hydrogens (tertiary/aromatic N) is 2. The number of aliphatic carboxylic acids is 1. The van der Waals surface area contributed by atoms with Crippen molar-refractivity contribution in [3.8, 4) is 0 Å². The summed E-state index contributed by atoms with van der Waals surface area (Å²) in [5, 5.41) is 18.7. The molecule has 110 valence electrons. The molecule has 0 atom stereocenters. The number of aromatic nitrogens is 2. The normalized spacial score (nSPS) is 17.4. The number of carboxylic acids is 1. The second kappa shape index (κ2) is 5.94. The third kappa shape index (κ3) is 3.09. The fourth-order valence-corrected chi connectivity index (χ4v) is 2.55. The predicted molar refractivity (Wildman–Crippen MR) is 72.0 cm³/mol. The van der Waals surface area contributed by atoms with Crippen molar-refractivity contribution in [2.24, 2.45) is 7.05 Å². The number of hydrogen-bond acceptors (Lipinski definition) is 3. The second-order valence-electron chi connectivity index (χ2n) is 5.20. The van der Waals surface area contributed by atoms with Crippen molar-refractivity contribution in [2.75, 3.05) is 0 Å². The number of aryl methyl sites for hydroxylation is 1. The van der Waals surface area contributed by atoms with Crippen LogP contribution in [0.15, 0.2) is 12.3 Å². The van der Waals surface area contributed by atoms with Crippen LogP contribution in [0.2, 0.25) is 0 Å². The molecular weight excluding hydrogens is 260 g/mol. The molecule has 0 bridgehead atoms. The zero-order valence-corrected chi connectivity index (χ0v) is 11.6. The molecule has 0 unspecified atom stereocenters. The number of urea groups is 1. The van der Waals surface area contributed by atoms with Gasteiger partial charge in [0.15, 0.2) is 0 Å². The minimum Gasteiger partial charge on any atom is -0.480 e. The van der Waals surface area contributed by atoms with Gasteiger partial charge in [-0.3, -0.25) is 4.68 Å². The Kier molecular flexibility index (Phi) is 4.26. The van der Waals surface area contributed by atoms with Gasteiger partial charge in [-0.15, -0.1) is 0 Å². The van der Waals surface area contributed by atoms with Gasteiger partial charge in [-0.2, -0.15) is 5.10 Å². The van der Waals surface area contributed by atoms with Gasteiger partial charge < -0.3 is 15.7 Å². The molecule has 1 saturated carbocycles. The monoisotopic (exact) mass is 280 g/mol. The van der Waals surface area contributed by atoms with Gasteiger partial charge in [0.1, 0.15) is 5.54 Å². The van der Waals surface area contributed by atoms with Gasteiger partial charge in [0.2, 0.25) is 0 Å². The van der Waals surface area contributed by atoms with E-state index in [-0.39, 0.29) is 0 Å². The predicted octanol–water partition coefficient (Wildman–Crippen LogP) is 1.01. The first kappa shape index (κ1) is 14.4. The van der Waals surface area contributed by atoms with Gasteiger partial charge in [0, 0.05) is 13.2 Å². The van der Waals surface area contributed by atoms with Gasteiger partial charge >= 0.3 is 12.0 Å². The molecule has 1 heterocycles. The molecule has 1 aliphatic carbocycles. The standard InChI is InChI=1S/C13H20N4O3/c1-17-10(5-8-15-17)9-14-12(20)16-13(11(18)19)6-3-2-4-7-13/h5,8H,2-4,6-7,9H2,1H3,(H,18,19)(H2,14,16,20). The highest BCUT2D eigenvalue weighted by molar-refractivity contribution is 5.86. The maximum absolute atomic E-state index is 11.9. The highest BCUT2D eigenvalue weighted by atomic mass is 16.4. The lowest BCUT2D eigenvalue weighted by Gasteiger charge is -2.33. The Morgan fingerprint density at radius 3 is 2.65 bits per heavy atom. The molecule has 0 aromatic carbocycles. The molecule has 1 aliphatic rings. The van der Waals surface area contributed by atoms with Crippen LogP contribution in [0.5, 0.6) is 0 Å². The Labute approximate surface area is 117 Å². The van der Waals surface area contributed by atoms with Crippen LogP contribution < -0.4 is 10.6 Å². The number of rotatable bonds is 4. The number of hydrogen-bond donors (Lipinski definition) is 3. The maximum atomic E-state index is 11.9. The molecule has 0 radical (unpaired) electrons. The molecule has 7 nitrogen and oxygen atoms in total. The van der Waals surface area contributed by atoms with Crippen LogP contribution in [0.4, 0.5) is 4.79 Å². The second-order valence-corrected chi connectivity index (χ2v) is 5.20. The smallest absolute Gasteiger partial charge is 0.329 e. The van der Waals surface area contributed by atoms with Crippen LogP contribution in [0.25, 0.3) is 0 Å². The van der Waals surface area contributed by atoms with E-state index in [1.165, 1.54) is 0 Å². The number of nitrogens with one attached hydrogen (secondary N) is 2. The quantitative estimate of drug-likeness (QED) is 0.766. The van der Waals surface area contributed by atoms with Crippen molar-refractivity contribution in [2.45, 2.75) is 44.2 Å². The van der Waals surface area contributed by atoms with Crippen molar-refractivity contribution in [1.82, 2.24) is 20.4 Å². The summed E-state index contributed by atoms with van der Waals surface area (Å²) in [6.45, 7) is 0.317. The molecule has 3 N–H and O–H groups in total. The van der Waals surface area contributed by atoms with E-state index in [4.69, 9.17) is 0 Å². The molecule has 1 aromatic rings. The summed E-state index contributed by atoms with van der Waals surface area (Å²) in [6, 6.07) is 1.35. The van der Waals surface area contributed by atoms with Gasteiger partial charge in [0.25, 0.3) is 0 Å². The SMILES string of the molecule is Cn1nccc1CNC(=O)NC1(C(=O)O)CCCCC1. The molecule has 1 fully saturated rings. The minimum atomic E-state index is -1.12. The average molecular weight is 280 g/mol. The third-order valence-corrected chi connectivity index (χ3v) is 3.82. The number of carboxylic acid groups (broad SMARTS) is 1. The van der Waals surface area contributed by atoms with Crippen LogP contribution in [-0.2, 0) is 18.4 Å². The first-order valence-corrected chi connectivity index (χ1v) is 6.80. The minimum absolute atomic E-state index is 0.317. The molecule has 0 aliphatic heterocycles. The highest BCUT2D eigenvalue weighted by Gasteiger charge is 2.40. The largest absolute Gasteiger partial charge is 0.480 e. The van der Waals surface area contributed by atoms with Gasteiger partial charge in [-0.1, -0.05) is 19.3 Å². The number of amides is 2. The van der Waals surface area contributed by atoms with Crippen molar-refractivity contribution in [3.63, 3.8) is 0 Å². The topological polar surface area (TPSA) is 96.3 Å². The third-order valence-electron chi connectivity index (χ3n) is 3.82. The summed E-state index contributed by atoms with van der Waals surface area (Å²) in [7, 11) is 1.79. The first-order chi connectivity index (χ1) is 9.53. The van der Waals surface area contributed by atoms with Crippen LogP contribution >= 0.6 is 0 Å². The Morgan fingerprint density at radius 1 is 1.40 bits per heavy atom. The van der Waals surface area contributed by atoms with E-state index < -0.39 is 17.5 Å². The van der Waals surface area contributed by atoms with Crippen LogP contribution in [-0.4, -0.2) is 32.4 Å². The average Bonchev–Trinajstić information content (AvgIpc) is 2.83. The van der Waals surface area contributed by atoms with E-state index in [1.54, 1.807) is 24.0 Å². The molecule has 1 aromatic heterocycles. The van der Waals surface area contributed by atoms with Crippen molar-refractivity contribution >= 4 is 12.0 Å². The molecule has 0 saturated heterocycles. The summed E-state index contributed by atoms with van der Waals surface area (Å²) in [6.07, 6.45) is 5.30. The lowest BCUT2D eigenvalue weighted by atomic mass is 9.82. The Hall–Kier alpha value is -2.05. The summed E-state index contributed by atoms with van der Waals surface area (Å²) in [4.78, 5) is 23.4. The number of carbonyl (C=O) groups is 2. The van der Waals surface area contributed by atoms with Crippen molar-refractivity contribution in [3.05, 3.63) is 18.0 Å². The lowest BCUT2D eigenvalue weighted by molar-refractivity contribution is -0.145. The molecule has 20 heavy (non-hydrogen) atoms. The molecule has 2 amide bonds. The Morgan fingerprint density at radius 2 is 2.10 bits per heavy atom. The first-order valence-electron chi connectivity index (χ1n) is 6.80. The van der Waals surface area contributed by atoms with E-state index in [9.17, 15) is 14.7 Å². The zero-order chi connectivity index (χ0) is 14.6. The fraction of sp³-hybridized carbons (Fsp3) is 0.615. The molecule has 7 heteroatoms. The van der Waals surface area contributed by atoms with E-state index >= 15 is 0 Å². The van der Waals surface area contributed by atoms with E-state index in [2.05, 4.69) is 15.7 Å². The summed E-state index contributed by atoms with van der Waals surface area (Å²) in [5.74, 6) is -0.951. The van der Waals surface area contributed by atoms with E-state index in [0.717, 1.165) is 25.0 Å². The molecule has 0 spiro atoms. The van der Waals surface area contributed by atoms with Crippen molar-refractivity contribution in [1.29, 1.82) is 0 Å². The van der Waals surface area contributed by atoms with Gasteiger partial charge in [0.05, 0.1) is 12.2 Å². The van der Waals surface area contributed by atoms with Crippen LogP contribution in [0.3, 0.4) is 0 Å². The summed E-state index contributed by atoms with van der Waals surface area (Å²) in [5.41, 5.74) is -0.261. The summed E-state index contributed by atoms with van der Waals surface area (Å²) < 4.78 is 1.66. The van der Waals surface area contributed by atoms with E-state index in [1.807, 2.05) is 0 Å². The van der Waals surface area contributed by atoms with Gasteiger partial charge in [-0.25, -0.2) is 9.59 Å². The summed E-state index contributed by atoms with van der Waals surface area (Å²) >= 11 is 0. The molecular formula is C13H20N4O3. The van der Waals surface area contributed by atoms with Crippen LogP contribution in [0.1, 0.15) is 37.8 Å². The zero-order valence-electron chi connectivity index (χ0n) is 11.6. The van der Waals surface area contributed by atoms with Crippen molar-refractivity contribution < 1.29 is 14.7 Å².